The minimum atomic E-state index is -0.822. The third-order valence-corrected chi connectivity index (χ3v) is 5.95. The van der Waals surface area contributed by atoms with Gasteiger partial charge in [0.1, 0.15) is 10.7 Å². The Labute approximate surface area is 213 Å². The van der Waals surface area contributed by atoms with Crippen LogP contribution in [0, 0.1) is 6.92 Å². The molecule has 0 fully saturated rings. The second-order valence-corrected chi connectivity index (χ2v) is 8.99. The van der Waals surface area contributed by atoms with Crippen LogP contribution in [0.5, 0.6) is 5.75 Å². The van der Waals surface area contributed by atoms with Crippen LogP contribution >= 0.6 is 12.2 Å². The van der Waals surface area contributed by atoms with E-state index >= 15 is 0 Å². The van der Waals surface area contributed by atoms with Gasteiger partial charge in [0.25, 0.3) is 0 Å². The number of carboxylic acids is 1. The molecule has 182 valence electrons. The van der Waals surface area contributed by atoms with Gasteiger partial charge in [0.05, 0.1) is 12.3 Å². The number of rotatable bonds is 13. The number of carboxylic acid groups (broad SMARTS) is 1. The van der Waals surface area contributed by atoms with E-state index in [1.807, 2.05) is 36.4 Å². The molecule has 0 atom stereocenters. The molecule has 0 amide bonds. The normalized spacial score (nSPS) is 10.9. The first-order chi connectivity index (χ1) is 17.0. The molecule has 0 aliphatic heterocycles. The Morgan fingerprint density at radius 1 is 0.943 bits per heavy atom. The van der Waals surface area contributed by atoms with Gasteiger partial charge in [0.15, 0.2) is 0 Å². The number of hydrogen-bond acceptors (Lipinski definition) is 3. The highest BCUT2D eigenvalue weighted by atomic mass is 32.1. The summed E-state index contributed by atoms with van der Waals surface area (Å²) in [4.78, 5) is 11.2. The minimum absolute atomic E-state index is 0.0859. The van der Waals surface area contributed by atoms with Crippen LogP contribution in [-0.4, -0.2) is 22.7 Å². The summed E-state index contributed by atoms with van der Waals surface area (Å²) in [5.74, 6) is -0.167. The van der Waals surface area contributed by atoms with Crippen LogP contribution in [0.2, 0.25) is 0 Å². The van der Waals surface area contributed by atoms with Crippen molar-refractivity contribution < 1.29 is 14.6 Å². The molecular formula is C30H33NO3S. The molecule has 0 radical (unpaired) electrons. The molecule has 0 saturated carbocycles. The average molecular weight is 488 g/mol. The van der Waals surface area contributed by atoms with Gasteiger partial charge in [-0.3, -0.25) is 4.79 Å². The highest BCUT2D eigenvalue weighted by Gasteiger charge is 2.05. The number of aliphatic carboxylic acids is 1. The first kappa shape index (κ1) is 26.2. The number of carbonyl (C=O) groups is 1. The van der Waals surface area contributed by atoms with E-state index in [1.165, 1.54) is 29.5 Å². The molecular weight excluding hydrogens is 454 g/mol. The van der Waals surface area contributed by atoms with E-state index in [-0.39, 0.29) is 6.42 Å². The van der Waals surface area contributed by atoms with Crippen molar-refractivity contribution in [3.63, 3.8) is 0 Å². The van der Waals surface area contributed by atoms with Crippen LogP contribution in [0.1, 0.15) is 47.9 Å². The molecule has 3 rings (SSSR count). The lowest BCUT2D eigenvalue weighted by molar-refractivity contribution is -0.137. The molecule has 35 heavy (non-hydrogen) atoms. The van der Waals surface area contributed by atoms with Gasteiger partial charge in [0, 0.05) is 6.42 Å². The van der Waals surface area contributed by atoms with Crippen molar-refractivity contribution in [2.24, 2.45) is 0 Å². The second-order valence-electron chi connectivity index (χ2n) is 8.55. The Kier molecular flexibility index (Phi) is 10.5. The molecule has 0 unspecified atom stereocenters. The number of benzene rings is 3. The lowest BCUT2D eigenvalue weighted by Gasteiger charge is -2.12. The fourth-order valence-electron chi connectivity index (χ4n) is 3.82. The summed E-state index contributed by atoms with van der Waals surface area (Å²) in [6.07, 6.45) is 9.03. The third-order valence-electron chi connectivity index (χ3n) is 5.71. The Bertz CT molecular complexity index is 1140. The van der Waals surface area contributed by atoms with Crippen molar-refractivity contribution in [1.82, 2.24) is 0 Å². The van der Waals surface area contributed by atoms with E-state index < -0.39 is 5.97 Å². The molecule has 0 heterocycles. The van der Waals surface area contributed by atoms with Gasteiger partial charge >= 0.3 is 5.97 Å². The molecule has 3 aromatic rings. The zero-order valence-electron chi connectivity index (χ0n) is 20.2. The summed E-state index contributed by atoms with van der Waals surface area (Å²) in [6, 6.07) is 24.8. The monoisotopic (exact) mass is 487 g/mol. The van der Waals surface area contributed by atoms with Crippen molar-refractivity contribution in [1.29, 1.82) is 0 Å². The third kappa shape index (κ3) is 9.38. The van der Waals surface area contributed by atoms with Crippen LogP contribution < -0.4 is 10.1 Å². The number of anilines is 1. The van der Waals surface area contributed by atoms with Crippen molar-refractivity contribution in [2.45, 2.75) is 45.4 Å². The molecule has 0 aliphatic rings. The molecule has 3 aromatic carbocycles. The zero-order valence-corrected chi connectivity index (χ0v) is 21.0. The summed E-state index contributed by atoms with van der Waals surface area (Å²) in [7, 11) is 0. The van der Waals surface area contributed by atoms with Gasteiger partial charge in [-0.15, -0.1) is 0 Å². The maximum atomic E-state index is 10.7. The van der Waals surface area contributed by atoms with Gasteiger partial charge in [0.2, 0.25) is 0 Å². The maximum Gasteiger partial charge on any atom is 0.303 e. The fraction of sp³-hybridized carbons (Fsp3) is 0.267. The maximum absolute atomic E-state index is 10.7. The highest BCUT2D eigenvalue weighted by molar-refractivity contribution is 7.81. The van der Waals surface area contributed by atoms with E-state index in [4.69, 9.17) is 22.1 Å². The molecule has 0 bridgehead atoms. The number of nitrogens with one attached hydrogen (secondary N) is 1. The summed E-state index contributed by atoms with van der Waals surface area (Å²) in [6.45, 7) is 2.47. The lowest BCUT2D eigenvalue weighted by Crippen LogP contribution is -2.08. The average Bonchev–Trinajstić information content (AvgIpc) is 2.85. The predicted molar refractivity (Wildman–Crippen MR) is 148 cm³/mol. The molecule has 0 aromatic heterocycles. The Morgan fingerprint density at radius 2 is 1.66 bits per heavy atom. The standard InChI is InChI=1S/C30H33NO3S/c1-23-22-25(13-6-5-12-24-10-3-2-4-11-24)17-18-26(23)19-20-29(35)31-27-14-7-8-15-28(27)34-21-9-16-30(32)33/h2-4,7-8,10-11,14-15,17-20,22H,5-6,9,12-13,16,21H2,1H3,(H,31,35)(H,32,33). The molecule has 0 aliphatic carbocycles. The summed E-state index contributed by atoms with van der Waals surface area (Å²) >= 11 is 5.51. The lowest BCUT2D eigenvalue weighted by atomic mass is 9.99. The highest BCUT2D eigenvalue weighted by Crippen LogP contribution is 2.24. The van der Waals surface area contributed by atoms with Gasteiger partial charge in [-0.2, -0.15) is 0 Å². The summed E-state index contributed by atoms with van der Waals surface area (Å²) in [5.41, 5.74) is 5.90. The van der Waals surface area contributed by atoms with Crippen LogP contribution in [0.25, 0.3) is 6.08 Å². The van der Waals surface area contributed by atoms with Gasteiger partial charge < -0.3 is 15.2 Å². The van der Waals surface area contributed by atoms with Crippen molar-refractivity contribution >= 4 is 34.9 Å². The van der Waals surface area contributed by atoms with Crippen LogP contribution in [-0.2, 0) is 17.6 Å². The Balaban J connectivity index is 1.48. The minimum Gasteiger partial charge on any atom is -0.491 e. The zero-order chi connectivity index (χ0) is 24.9. The van der Waals surface area contributed by atoms with Crippen LogP contribution in [0.15, 0.2) is 78.9 Å². The number of hydrogen-bond donors (Lipinski definition) is 2. The van der Waals surface area contributed by atoms with Gasteiger partial charge in [-0.05, 0) is 79.5 Å². The van der Waals surface area contributed by atoms with E-state index in [9.17, 15) is 4.79 Å². The van der Waals surface area contributed by atoms with E-state index in [0.717, 1.165) is 24.1 Å². The smallest absolute Gasteiger partial charge is 0.303 e. The van der Waals surface area contributed by atoms with Crippen molar-refractivity contribution in [3.05, 3.63) is 101 Å². The number of unbranched alkanes of at least 4 members (excludes halogenated alkanes) is 1. The summed E-state index contributed by atoms with van der Waals surface area (Å²) in [5, 5.41) is 12.0. The summed E-state index contributed by atoms with van der Waals surface area (Å²) < 4.78 is 5.74. The quantitative estimate of drug-likeness (QED) is 0.151. The van der Waals surface area contributed by atoms with Gasteiger partial charge in [-0.1, -0.05) is 79.0 Å². The number of ether oxygens (including phenoxy) is 1. The fourth-order valence-corrected chi connectivity index (χ4v) is 4.00. The van der Waals surface area contributed by atoms with E-state index in [2.05, 4.69) is 60.8 Å². The first-order valence-corrected chi connectivity index (χ1v) is 12.5. The van der Waals surface area contributed by atoms with E-state index in [1.54, 1.807) is 0 Å². The largest absolute Gasteiger partial charge is 0.491 e. The Morgan fingerprint density at radius 3 is 2.40 bits per heavy atom. The van der Waals surface area contributed by atoms with E-state index in [0.29, 0.717) is 23.8 Å². The number of thiocarbonyl (C=S) groups is 1. The second kappa shape index (κ2) is 14.1. The van der Waals surface area contributed by atoms with Crippen LogP contribution in [0.4, 0.5) is 5.69 Å². The molecule has 5 heteroatoms. The SMILES string of the molecule is Cc1cc(CCCCc2ccccc2)ccc1C=CC(=S)Nc1ccccc1OCCCC(=O)O. The molecule has 0 spiro atoms. The number of para-hydroxylation sites is 2. The molecule has 2 N–H and O–H groups in total. The van der Waals surface area contributed by atoms with Crippen LogP contribution in [0.3, 0.4) is 0 Å². The van der Waals surface area contributed by atoms with Gasteiger partial charge in [-0.25, -0.2) is 0 Å². The van der Waals surface area contributed by atoms with Crippen molar-refractivity contribution in [2.75, 3.05) is 11.9 Å². The topological polar surface area (TPSA) is 58.6 Å². The Hall–Kier alpha value is -3.44. The molecule has 0 saturated heterocycles. The van der Waals surface area contributed by atoms with Crippen molar-refractivity contribution in [3.8, 4) is 5.75 Å². The number of aryl methyl sites for hydroxylation is 3. The molecule has 4 nitrogen and oxygen atoms in total. The first-order valence-electron chi connectivity index (χ1n) is 12.1. The predicted octanol–water partition coefficient (Wildman–Crippen LogP) is 7.26.